The predicted molar refractivity (Wildman–Crippen MR) is 231 cm³/mol. The normalized spacial score (nSPS) is 12.6. The first-order chi connectivity index (χ1) is 29.2. The number of anilines is 2. The summed E-state index contributed by atoms with van der Waals surface area (Å²) in [5, 5.41) is 29.5. The van der Waals surface area contributed by atoms with Crippen LogP contribution in [-0.2, 0) is 30.4 Å². The van der Waals surface area contributed by atoms with Crippen LogP contribution in [0.15, 0.2) is 167 Å². The molecule has 0 radical (unpaired) electrons. The number of nitrogen functional groups attached to an aromatic ring is 1. The van der Waals surface area contributed by atoms with E-state index in [1.165, 1.54) is 36.4 Å². The van der Waals surface area contributed by atoms with Crippen LogP contribution in [0.5, 0.6) is 0 Å². The van der Waals surface area contributed by atoms with E-state index in [1.54, 1.807) is 86.6 Å². The number of nitrogens with two attached hydrogens (primary N) is 1. The number of hydrogen-bond acceptors (Lipinski definition) is 14. The molecular formula is C41H32N8O10S3. The van der Waals surface area contributed by atoms with Crippen molar-refractivity contribution < 1.29 is 43.7 Å². The number of hydrogen-bond donors (Lipinski definition) is 5. The zero-order valence-corrected chi connectivity index (χ0v) is 34.7. The molecular weight excluding hydrogens is 861 g/mol. The smallest absolute Gasteiger partial charge is 0.295 e. The van der Waals surface area contributed by atoms with Gasteiger partial charge in [0, 0.05) is 33.1 Å². The van der Waals surface area contributed by atoms with Crippen LogP contribution < -0.4 is 11.1 Å². The largest absolute Gasteiger partial charge is 0.399 e. The van der Waals surface area contributed by atoms with E-state index >= 15 is 0 Å². The highest BCUT2D eigenvalue weighted by atomic mass is 32.2. The van der Waals surface area contributed by atoms with Crippen LogP contribution in [0.25, 0.3) is 21.5 Å². The lowest BCUT2D eigenvalue weighted by atomic mass is 10.1. The zero-order valence-electron chi connectivity index (χ0n) is 32.2. The van der Waals surface area contributed by atoms with Crippen LogP contribution in [0.2, 0.25) is 0 Å². The Morgan fingerprint density at radius 2 is 1.05 bits per heavy atom. The van der Waals surface area contributed by atoms with Gasteiger partial charge in [0.15, 0.2) is 0 Å². The third-order valence-electron chi connectivity index (χ3n) is 9.31. The second-order valence-electron chi connectivity index (χ2n) is 13.7. The number of aryl methyl sites for hydroxylation is 2. The maximum Gasteiger partial charge on any atom is 0.295 e. The molecule has 0 atom stereocenters. The third kappa shape index (κ3) is 9.73. The molecule has 7 rings (SSSR count). The highest BCUT2D eigenvalue weighted by Gasteiger charge is 2.21. The monoisotopic (exact) mass is 892 g/mol. The van der Waals surface area contributed by atoms with Gasteiger partial charge in [-0.05, 0) is 140 Å². The van der Waals surface area contributed by atoms with E-state index in [1.807, 2.05) is 0 Å². The average Bonchev–Trinajstić information content (AvgIpc) is 3.21. The molecule has 0 saturated carbocycles. The second-order valence-corrected chi connectivity index (χ2v) is 17.9. The molecule has 0 saturated heterocycles. The van der Waals surface area contributed by atoms with Crippen molar-refractivity contribution >= 4 is 103 Å². The summed E-state index contributed by atoms with van der Waals surface area (Å²) in [6.45, 7) is 3.52. The Hall–Kier alpha value is -7.14. The summed E-state index contributed by atoms with van der Waals surface area (Å²) in [6, 6.07) is 29.3. The Labute approximate surface area is 353 Å². The topological polar surface area (TPSA) is 292 Å². The van der Waals surface area contributed by atoms with E-state index in [0.717, 1.165) is 6.07 Å². The Kier molecular flexibility index (Phi) is 11.6. The molecule has 1 amide bonds. The Morgan fingerprint density at radius 1 is 0.500 bits per heavy atom. The van der Waals surface area contributed by atoms with Crippen molar-refractivity contribution in [1.82, 2.24) is 0 Å². The molecule has 62 heavy (non-hydrogen) atoms. The fraction of sp³-hybridized carbons (Fsp3) is 0.0488. The lowest BCUT2D eigenvalue weighted by molar-refractivity contribution is 0.102. The fourth-order valence-electron chi connectivity index (χ4n) is 6.17. The molecule has 7 aromatic carbocycles. The number of nitrogens with zero attached hydrogens (tertiary/aromatic N) is 6. The van der Waals surface area contributed by atoms with Crippen LogP contribution in [-0.4, -0.2) is 44.8 Å². The Bertz CT molecular complexity index is 3410. The summed E-state index contributed by atoms with van der Waals surface area (Å²) >= 11 is 0. The number of fused-ring (bicyclic) bond motifs is 2. The van der Waals surface area contributed by atoms with Gasteiger partial charge in [0.1, 0.15) is 4.90 Å². The predicted octanol–water partition coefficient (Wildman–Crippen LogP) is 10.4. The molecule has 18 nitrogen and oxygen atoms in total. The summed E-state index contributed by atoms with van der Waals surface area (Å²) in [4.78, 5) is 10.8. The van der Waals surface area contributed by atoms with Gasteiger partial charge in [0.2, 0.25) is 0 Å². The minimum absolute atomic E-state index is 0.0593. The minimum Gasteiger partial charge on any atom is -0.399 e. The molecule has 0 aliphatic rings. The van der Waals surface area contributed by atoms with Crippen LogP contribution in [0.4, 0.5) is 45.5 Å². The molecule has 0 bridgehead atoms. The van der Waals surface area contributed by atoms with Gasteiger partial charge in [-0.25, -0.2) is 0 Å². The molecule has 0 fully saturated rings. The zero-order chi connectivity index (χ0) is 44.6. The Balaban J connectivity index is 1.13. The van der Waals surface area contributed by atoms with Gasteiger partial charge in [0.05, 0.1) is 43.9 Å². The first kappa shape index (κ1) is 43.0. The number of rotatable bonds is 11. The number of carbonyl (C=O) groups excluding carboxylic acids is 1. The van der Waals surface area contributed by atoms with Gasteiger partial charge >= 0.3 is 0 Å². The maximum atomic E-state index is 12.7. The van der Waals surface area contributed by atoms with Crippen molar-refractivity contribution in [3.63, 3.8) is 0 Å². The molecule has 0 unspecified atom stereocenters. The van der Waals surface area contributed by atoms with Gasteiger partial charge in [-0.1, -0.05) is 12.1 Å². The van der Waals surface area contributed by atoms with Crippen LogP contribution >= 0.6 is 0 Å². The van der Waals surface area contributed by atoms with E-state index in [0.29, 0.717) is 67.7 Å². The summed E-state index contributed by atoms with van der Waals surface area (Å²) in [7, 11) is -14.3. The lowest BCUT2D eigenvalue weighted by Gasteiger charge is -2.08. The summed E-state index contributed by atoms with van der Waals surface area (Å²) < 4.78 is 101. The fourth-order valence-corrected chi connectivity index (χ4v) is 8.02. The van der Waals surface area contributed by atoms with Crippen molar-refractivity contribution in [3.8, 4) is 0 Å². The van der Waals surface area contributed by atoms with Crippen molar-refractivity contribution in [3.05, 3.63) is 138 Å². The van der Waals surface area contributed by atoms with Crippen molar-refractivity contribution in [1.29, 1.82) is 0 Å². The van der Waals surface area contributed by atoms with E-state index < -0.39 is 40.1 Å². The molecule has 7 aromatic rings. The van der Waals surface area contributed by atoms with E-state index in [-0.39, 0.29) is 32.9 Å². The quantitative estimate of drug-likeness (QED) is 0.0462. The van der Waals surface area contributed by atoms with Gasteiger partial charge < -0.3 is 11.1 Å². The second kappa shape index (κ2) is 16.7. The molecule has 0 spiro atoms. The van der Waals surface area contributed by atoms with E-state index in [9.17, 15) is 43.7 Å². The Morgan fingerprint density at radius 3 is 1.68 bits per heavy atom. The van der Waals surface area contributed by atoms with E-state index in [2.05, 4.69) is 36.0 Å². The highest BCUT2D eigenvalue weighted by molar-refractivity contribution is 7.87. The number of carbonyl (C=O) groups is 1. The number of azo groups is 3. The molecule has 0 heterocycles. The van der Waals surface area contributed by atoms with Gasteiger partial charge in [-0.3, -0.25) is 18.5 Å². The first-order valence-corrected chi connectivity index (χ1v) is 22.3. The van der Waals surface area contributed by atoms with Crippen LogP contribution in [0, 0.1) is 13.8 Å². The summed E-state index contributed by atoms with van der Waals surface area (Å²) in [5.74, 6) is -0.313. The molecule has 6 N–H and O–H groups in total. The summed E-state index contributed by atoms with van der Waals surface area (Å²) in [5.41, 5.74) is 10.6. The number of amides is 1. The van der Waals surface area contributed by atoms with Crippen LogP contribution in [0.1, 0.15) is 21.5 Å². The molecule has 0 aromatic heterocycles. The number of benzene rings is 7. The molecule has 21 heteroatoms. The SMILES string of the molecule is Cc1cc(N=Nc2ccc(N=Nc3ccc(NC(=O)c4ccc(N)cc4)cc3C)c3ccc(S(=O)(=O)O)cc23)ccc1N=Nc1ccc2cc(S(=O)(=O)O)cc(S(=O)(=O)O)c2c1. The van der Waals surface area contributed by atoms with Crippen molar-refractivity contribution in [2.24, 2.45) is 30.7 Å². The average molecular weight is 893 g/mol. The standard InChI is InChI=1S/C41H32N8O10S3/c1-23-17-28(43-41(50)25-3-6-27(42)7-4-25)9-13-37(23)47-49-38-15-16-39(35-21-31(60(51,52)53)11-12-33(35)38)48-44-29-10-14-36(24(2)18-29)46-45-30-8-5-26-19-32(61(54,55)56)22-40(34(26)20-30)62(57,58)59/h3-22H,42H2,1-2H3,(H,43,50)(H,51,52,53)(H,54,55,56)(H,57,58,59). The van der Waals surface area contributed by atoms with Gasteiger partial charge in [-0.15, -0.1) is 10.2 Å². The maximum absolute atomic E-state index is 12.7. The molecule has 0 aliphatic carbocycles. The van der Waals surface area contributed by atoms with Crippen molar-refractivity contribution in [2.45, 2.75) is 28.5 Å². The molecule has 314 valence electrons. The first-order valence-electron chi connectivity index (χ1n) is 17.9. The van der Waals surface area contributed by atoms with Gasteiger partial charge in [-0.2, -0.15) is 45.7 Å². The molecule has 0 aliphatic heterocycles. The van der Waals surface area contributed by atoms with Gasteiger partial charge in [0.25, 0.3) is 36.3 Å². The number of nitrogens with one attached hydrogen (secondary N) is 1. The van der Waals surface area contributed by atoms with Crippen molar-refractivity contribution in [2.75, 3.05) is 11.1 Å². The van der Waals surface area contributed by atoms with Crippen LogP contribution in [0.3, 0.4) is 0 Å². The lowest BCUT2D eigenvalue weighted by Crippen LogP contribution is -2.11. The minimum atomic E-state index is -4.91. The highest BCUT2D eigenvalue weighted by Crippen LogP contribution is 2.38. The third-order valence-corrected chi connectivity index (χ3v) is 11.9. The summed E-state index contributed by atoms with van der Waals surface area (Å²) in [6.07, 6.45) is 0. The van der Waals surface area contributed by atoms with E-state index in [4.69, 9.17) is 5.73 Å².